The van der Waals surface area contributed by atoms with Crippen LogP contribution >= 0.6 is 15.9 Å². The number of aryl methyl sites for hydroxylation is 3. The van der Waals surface area contributed by atoms with E-state index in [1.807, 2.05) is 0 Å². The summed E-state index contributed by atoms with van der Waals surface area (Å²) >= 11 is 3.58. The lowest BCUT2D eigenvalue weighted by Gasteiger charge is -2.24. The number of rotatable bonds is 5. The molecule has 0 saturated carbocycles. The fourth-order valence-electron chi connectivity index (χ4n) is 2.10. The summed E-state index contributed by atoms with van der Waals surface area (Å²) in [6.45, 7) is 9.74. The van der Waals surface area contributed by atoms with Crippen molar-refractivity contribution in [1.29, 1.82) is 0 Å². The van der Waals surface area contributed by atoms with Crippen LogP contribution in [0.2, 0.25) is 0 Å². The minimum Gasteiger partial charge on any atom is -0.330 e. The Kier molecular flexibility index (Phi) is 5.21. The zero-order valence-electron chi connectivity index (χ0n) is 11.4. The van der Waals surface area contributed by atoms with Crippen molar-refractivity contribution in [3.8, 4) is 0 Å². The van der Waals surface area contributed by atoms with Crippen molar-refractivity contribution < 1.29 is 0 Å². The number of hydrogen-bond donors (Lipinski definition) is 1. The van der Waals surface area contributed by atoms with Crippen molar-refractivity contribution in [1.82, 2.24) is 0 Å². The van der Waals surface area contributed by atoms with E-state index in [1.165, 1.54) is 27.6 Å². The summed E-state index contributed by atoms with van der Waals surface area (Å²) in [5, 5.41) is 0. The van der Waals surface area contributed by atoms with E-state index in [2.05, 4.69) is 55.8 Å². The zero-order chi connectivity index (χ0) is 13.1. The second-order valence-corrected chi connectivity index (χ2v) is 6.59. The van der Waals surface area contributed by atoms with Crippen molar-refractivity contribution in [3.63, 3.8) is 0 Å². The van der Waals surface area contributed by atoms with Crippen LogP contribution in [0.25, 0.3) is 0 Å². The molecule has 1 nitrogen and oxygen atoms in total. The van der Waals surface area contributed by atoms with Gasteiger partial charge in [0.15, 0.2) is 0 Å². The number of hydrogen-bond acceptors (Lipinski definition) is 1. The Bertz CT molecular complexity index is 383. The van der Waals surface area contributed by atoms with Crippen LogP contribution in [0.5, 0.6) is 0 Å². The van der Waals surface area contributed by atoms with E-state index in [0.717, 1.165) is 19.4 Å². The van der Waals surface area contributed by atoms with Crippen LogP contribution in [-0.2, 0) is 6.42 Å². The van der Waals surface area contributed by atoms with E-state index in [1.54, 1.807) is 0 Å². The Labute approximate surface area is 114 Å². The molecule has 0 amide bonds. The van der Waals surface area contributed by atoms with Gasteiger partial charge in [0.05, 0.1) is 0 Å². The second-order valence-electron chi connectivity index (χ2n) is 5.73. The highest BCUT2D eigenvalue weighted by atomic mass is 79.9. The van der Waals surface area contributed by atoms with E-state index in [9.17, 15) is 0 Å². The molecule has 0 spiro atoms. The Morgan fingerprint density at radius 1 is 1.12 bits per heavy atom. The summed E-state index contributed by atoms with van der Waals surface area (Å²) in [5.41, 5.74) is 10.2. The van der Waals surface area contributed by atoms with E-state index < -0.39 is 0 Å². The third kappa shape index (κ3) is 4.44. The van der Waals surface area contributed by atoms with Gasteiger partial charge in [-0.15, -0.1) is 0 Å². The van der Waals surface area contributed by atoms with Crippen LogP contribution in [0, 0.1) is 19.3 Å². The van der Waals surface area contributed by atoms with E-state index >= 15 is 0 Å². The van der Waals surface area contributed by atoms with Gasteiger partial charge in [-0.2, -0.15) is 0 Å². The van der Waals surface area contributed by atoms with Gasteiger partial charge in [0.2, 0.25) is 0 Å². The minimum atomic E-state index is 0.349. The Morgan fingerprint density at radius 2 is 1.76 bits per heavy atom. The Balaban J connectivity index is 2.73. The topological polar surface area (TPSA) is 26.0 Å². The van der Waals surface area contributed by atoms with Gasteiger partial charge in [-0.05, 0) is 67.8 Å². The SMILES string of the molecule is Cc1cc(CCC(C)(C)CCN)c(C)cc1Br. The van der Waals surface area contributed by atoms with Crippen molar-refractivity contribution in [2.24, 2.45) is 11.1 Å². The lowest BCUT2D eigenvalue weighted by atomic mass is 9.82. The van der Waals surface area contributed by atoms with Gasteiger partial charge in [0.25, 0.3) is 0 Å². The summed E-state index contributed by atoms with van der Waals surface area (Å²) in [5.74, 6) is 0. The van der Waals surface area contributed by atoms with E-state index in [4.69, 9.17) is 5.73 Å². The lowest BCUT2D eigenvalue weighted by Crippen LogP contribution is -2.18. The number of halogens is 1. The van der Waals surface area contributed by atoms with Crippen LogP contribution in [0.4, 0.5) is 0 Å². The average molecular weight is 298 g/mol. The van der Waals surface area contributed by atoms with Crippen LogP contribution in [-0.4, -0.2) is 6.54 Å². The Morgan fingerprint density at radius 3 is 2.35 bits per heavy atom. The van der Waals surface area contributed by atoms with Crippen molar-refractivity contribution >= 4 is 15.9 Å². The lowest BCUT2D eigenvalue weighted by molar-refractivity contribution is 0.313. The molecule has 17 heavy (non-hydrogen) atoms. The highest BCUT2D eigenvalue weighted by Gasteiger charge is 2.17. The van der Waals surface area contributed by atoms with Crippen LogP contribution in [0.15, 0.2) is 16.6 Å². The van der Waals surface area contributed by atoms with Crippen LogP contribution in [0.1, 0.15) is 43.4 Å². The smallest absolute Gasteiger partial charge is 0.0207 e. The fourth-order valence-corrected chi connectivity index (χ4v) is 2.56. The van der Waals surface area contributed by atoms with Gasteiger partial charge in [-0.25, -0.2) is 0 Å². The molecule has 0 aliphatic rings. The molecule has 0 bridgehead atoms. The third-order valence-corrected chi connectivity index (χ3v) is 4.36. The van der Waals surface area contributed by atoms with Crippen LogP contribution in [0.3, 0.4) is 0 Å². The molecule has 0 aliphatic carbocycles. The molecular weight excluding hydrogens is 274 g/mol. The largest absolute Gasteiger partial charge is 0.330 e. The number of benzene rings is 1. The maximum Gasteiger partial charge on any atom is 0.0207 e. The highest BCUT2D eigenvalue weighted by molar-refractivity contribution is 9.10. The summed E-state index contributed by atoms with van der Waals surface area (Å²) in [6.07, 6.45) is 3.45. The molecule has 1 rings (SSSR count). The molecule has 2 heteroatoms. The van der Waals surface area contributed by atoms with Crippen molar-refractivity contribution in [2.45, 2.75) is 47.0 Å². The van der Waals surface area contributed by atoms with Gasteiger partial charge in [0.1, 0.15) is 0 Å². The maximum atomic E-state index is 5.65. The van der Waals surface area contributed by atoms with Crippen molar-refractivity contribution in [2.75, 3.05) is 6.54 Å². The summed E-state index contributed by atoms with van der Waals surface area (Å²) < 4.78 is 1.21. The molecule has 0 fully saturated rings. The first kappa shape index (κ1) is 14.7. The zero-order valence-corrected chi connectivity index (χ0v) is 13.0. The Hall–Kier alpha value is -0.340. The first-order valence-corrected chi connectivity index (χ1v) is 7.11. The molecule has 0 unspecified atom stereocenters. The predicted octanol–water partition coefficient (Wildman–Crippen LogP) is 4.37. The molecular formula is C15H24BrN. The second kappa shape index (κ2) is 6.01. The van der Waals surface area contributed by atoms with Gasteiger partial charge < -0.3 is 5.73 Å². The first-order chi connectivity index (χ1) is 7.85. The van der Waals surface area contributed by atoms with Gasteiger partial charge in [-0.1, -0.05) is 35.8 Å². The molecule has 0 saturated heterocycles. The predicted molar refractivity (Wildman–Crippen MR) is 79.4 cm³/mol. The molecule has 1 aromatic rings. The van der Waals surface area contributed by atoms with E-state index in [0.29, 0.717) is 5.41 Å². The monoisotopic (exact) mass is 297 g/mol. The van der Waals surface area contributed by atoms with E-state index in [-0.39, 0.29) is 0 Å². The fraction of sp³-hybridized carbons (Fsp3) is 0.600. The standard InChI is InChI=1S/C15H24BrN/c1-11-10-14(16)12(2)9-13(11)5-6-15(3,4)7-8-17/h9-10H,5-8,17H2,1-4H3. The molecule has 0 atom stereocenters. The molecule has 1 aromatic carbocycles. The molecule has 96 valence electrons. The third-order valence-electron chi connectivity index (χ3n) is 3.51. The molecule has 0 aromatic heterocycles. The van der Waals surface area contributed by atoms with Gasteiger partial charge >= 0.3 is 0 Å². The normalized spacial score (nSPS) is 11.9. The molecule has 0 aliphatic heterocycles. The maximum absolute atomic E-state index is 5.65. The molecule has 0 radical (unpaired) electrons. The summed E-state index contributed by atoms with van der Waals surface area (Å²) in [6, 6.07) is 4.53. The first-order valence-electron chi connectivity index (χ1n) is 6.31. The molecule has 2 N–H and O–H groups in total. The van der Waals surface area contributed by atoms with Gasteiger partial charge in [-0.3, -0.25) is 0 Å². The minimum absolute atomic E-state index is 0.349. The van der Waals surface area contributed by atoms with Gasteiger partial charge in [0, 0.05) is 4.47 Å². The molecule has 0 heterocycles. The average Bonchev–Trinajstić information content (AvgIpc) is 2.21. The summed E-state index contributed by atoms with van der Waals surface area (Å²) in [4.78, 5) is 0. The highest BCUT2D eigenvalue weighted by Crippen LogP contribution is 2.28. The van der Waals surface area contributed by atoms with Crippen molar-refractivity contribution in [3.05, 3.63) is 33.3 Å². The summed E-state index contributed by atoms with van der Waals surface area (Å²) in [7, 11) is 0. The van der Waals surface area contributed by atoms with Crippen LogP contribution < -0.4 is 5.73 Å². The quantitative estimate of drug-likeness (QED) is 0.858. The number of nitrogens with two attached hydrogens (primary N) is 1.